The van der Waals surface area contributed by atoms with Gasteiger partial charge in [0.05, 0.1) is 0 Å². The predicted molar refractivity (Wildman–Crippen MR) is 118 cm³/mol. The molecule has 2 amide bonds. The van der Waals surface area contributed by atoms with Crippen LogP contribution < -0.4 is 5.73 Å². The largest absolute Gasteiger partial charge is 0.451 e. The minimum atomic E-state index is -3.81. The summed E-state index contributed by atoms with van der Waals surface area (Å²) in [6.45, 7) is 0.675. The zero-order chi connectivity index (χ0) is 23.0. The summed E-state index contributed by atoms with van der Waals surface area (Å²) >= 11 is 5.90. The lowest BCUT2D eigenvalue weighted by Crippen LogP contribution is -2.50. The number of aromatic nitrogens is 1. The molecule has 11 heteroatoms. The van der Waals surface area contributed by atoms with Gasteiger partial charge in [0.15, 0.2) is 5.76 Å². The van der Waals surface area contributed by atoms with Crippen LogP contribution in [0.5, 0.6) is 0 Å². The molecule has 1 aromatic carbocycles. The van der Waals surface area contributed by atoms with Gasteiger partial charge in [-0.2, -0.15) is 4.31 Å². The van der Waals surface area contributed by atoms with Crippen molar-refractivity contribution in [1.82, 2.24) is 13.8 Å². The Balaban J connectivity index is 1.43. The Kier molecular flexibility index (Phi) is 5.85. The monoisotopic (exact) mass is 476 g/mol. The molecule has 1 fully saturated rings. The Morgan fingerprint density at radius 1 is 1.03 bits per heavy atom. The number of nitrogens with two attached hydrogens (primary N) is 1. The van der Waals surface area contributed by atoms with Crippen molar-refractivity contribution < 1.29 is 22.4 Å². The van der Waals surface area contributed by atoms with Gasteiger partial charge in [0.2, 0.25) is 10.0 Å². The third-order valence-electron chi connectivity index (χ3n) is 5.34. The lowest BCUT2D eigenvalue weighted by Gasteiger charge is -2.33. The molecule has 0 aliphatic carbocycles. The van der Waals surface area contributed by atoms with Crippen LogP contribution in [-0.4, -0.2) is 60.2 Å². The first-order valence-electron chi connectivity index (χ1n) is 9.78. The van der Waals surface area contributed by atoms with E-state index >= 15 is 0 Å². The van der Waals surface area contributed by atoms with Crippen molar-refractivity contribution in [1.29, 1.82) is 0 Å². The van der Waals surface area contributed by atoms with Crippen LogP contribution in [0.2, 0.25) is 5.02 Å². The number of carbonyl (C=O) groups excluding carboxylic acids is 2. The normalized spacial score (nSPS) is 15.1. The number of hydrogen-bond acceptors (Lipinski definition) is 5. The van der Waals surface area contributed by atoms with E-state index in [2.05, 4.69) is 0 Å². The number of piperazine rings is 1. The van der Waals surface area contributed by atoms with E-state index < -0.39 is 15.9 Å². The maximum absolute atomic E-state index is 12.9. The lowest BCUT2D eigenvalue weighted by molar-refractivity contribution is 0.0666. The molecular weight excluding hydrogens is 456 g/mol. The van der Waals surface area contributed by atoms with Crippen molar-refractivity contribution in [3.05, 3.63) is 65.1 Å². The third-order valence-corrected chi connectivity index (χ3v) is 7.46. The van der Waals surface area contributed by atoms with Crippen molar-refractivity contribution in [3.63, 3.8) is 0 Å². The smallest absolute Gasteiger partial charge is 0.289 e. The molecule has 0 radical (unpaired) electrons. The Bertz CT molecular complexity index is 1270. The SMILES string of the molecule is Cn1cc(S(=O)(=O)N2CCN(C(=O)c3ccc(-c4ccc(Cl)cc4)o3)CC2)cc1C(N)=O. The molecule has 32 heavy (non-hydrogen) atoms. The van der Waals surface area contributed by atoms with E-state index in [1.54, 1.807) is 48.3 Å². The topological polar surface area (TPSA) is 119 Å². The summed E-state index contributed by atoms with van der Waals surface area (Å²) in [6, 6.07) is 11.6. The molecule has 3 aromatic rings. The molecule has 2 aromatic heterocycles. The van der Waals surface area contributed by atoms with Crippen LogP contribution in [0.4, 0.5) is 0 Å². The average molecular weight is 477 g/mol. The number of sulfonamides is 1. The second-order valence-electron chi connectivity index (χ2n) is 7.40. The highest BCUT2D eigenvalue weighted by atomic mass is 35.5. The molecule has 0 saturated carbocycles. The van der Waals surface area contributed by atoms with Gasteiger partial charge in [0, 0.05) is 50.0 Å². The van der Waals surface area contributed by atoms with Gasteiger partial charge in [-0.05, 0) is 42.5 Å². The zero-order valence-corrected chi connectivity index (χ0v) is 18.8. The van der Waals surface area contributed by atoms with Crippen LogP contribution in [-0.2, 0) is 17.1 Å². The molecular formula is C21H21ClN4O5S. The molecule has 1 aliphatic heterocycles. The Morgan fingerprint density at radius 2 is 1.69 bits per heavy atom. The Labute approximate surface area is 190 Å². The van der Waals surface area contributed by atoms with Gasteiger partial charge in [-0.25, -0.2) is 8.42 Å². The van der Waals surface area contributed by atoms with E-state index in [1.807, 2.05) is 0 Å². The first-order chi connectivity index (χ1) is 15.2. The van der Waals surface area contributed by atoms with Crippen LogP contribution in [0.1, 0.15) is 21.0 Å². The average Bonchev–Trinajstić information content (AvgIpc) is 3.41. The van der Waals surface area contributed by atoms with Gasteiger partial charge >= 0.3 is 0 Å². The second kappa shape index (κ2) is 8.45. The van der Waals surface area contributed by atoms with Crippen LogP contribution >= 0.6 is 11.6 Å². The van der Waals surface area contributed by atoms with E-state index in [0.717, 1.165) is 5.56 Å². The zero-order valence-electron chi connectivity index (χ0n) is 17.2. The van der Waals surface area contributed by atoms with E-state index in [-0.39, 0.29) is 48.4 Å². The number of furan rings is 1. The van der Waals surface area contributed by atoms with Crippen molar-refractivity contribution in [3.8, 4) is 11.3 Å². The molecule has 0 bridgehead atoms. The van der Waals surface area contributed by atoms with Gasteiger partial charge in [-0.15, -0.1) is 0 Å². The summed E-state index contributed by atoms with van der Waals surface area (Å²) in [6.07, 6.45) is 1.36. The van der Waals surface area contributed by atoms with Gasteiger partial charge in [0.1, 0.15) is 16.3 Å². The van der Waals surface area contributed by atoms with Gasteiger partial charge in [0.25, 0.3) is 11.8 Å². The van der Waals surface area contributed by atoms with E-state index in [1.165, 1.54) is 21.1 Å². The Hall–Kier alpha value is -3.08. The molecule has 1 aliphatic rings. The molecule has 9 nitrogen and oxygen atoms in total. The standard InChI is InChI=1S/C21H21ClN4O5S/c1-24-13-16(12-17(24)20(23)27)32(29,30)26-10-8-25(9-11-26)21(28)19-7-6-18(31-19)14-2-4-15(22)5-3-14/h2-7,12-13H,8-11H2,1H3,(H2,23,27). The molecule has 0 spiro atoms. The number of halogens is 1. The van der Waals surface area contributed by atoms with Crippen LogP contribution in [0.25, 0.3) is 11.3 Å². The second-order valence-corrected chi connectivity index (χ2v) is 9.78. The first kappa shape index (κ1) is 22.1. The summed E-state index contributed by atoms with van der Waals surface area (Å²) in [7, 11) is -2.26. The first-order valence-corrected chi connectivity index (χ1v) is 11.6. The number of amides is 2. The number of benzene rings is 1. The highest BCUT2D eigenvalue weighted by Gasteiger charge is 2.32. The molecule has 0 atom stereocenters. The number of carbonyl (C=O) groups is 2. The summed E-state index contributed by atoms with van der Waals surface area (Å²) in [5.41, 5.74) is 6.17. The van der Waals surface area contributed by atoms with Crippen molar-refractivity contribution in [2.75, 3.05) is 26.2 Å². The maximum Gasteiger partial charge on any atom is 0.289 e. The van der Waals surface area contributed by atoms with Gasteiger partial charge in [-0.1, -0.05) is 11.6 Å². The molecule has 4 rings (SSSR count). The summed E-state index contributed by atoms with van der Waals surface area (Å²) < 4.78 is 34.3. The lowest BCUT2D eigenvalue weighted by atomic mass is 10.2. The van der Waals surface area contributed by atoms with Gasteiger partial charge < -0.3 is 19.6 Å². The minimum Gasteiger partial charge on any atom is -0.451 e. The number of hydrogen-bond donors (Lipinski definition) is 1. The molecule has 1 saturated heterocycles. The van der Waals surface area contributed by atoms with Crippen LogP contribution in [0, 0.1) is 0 Å². The fraction of sp³-hybridized carbons (Fsp3) is 0.238. The van der Waals surface area contributed by atoms with E-state index in [0.29, 0.717) is 10.8 Å². The van der Waals surface area contributed by atoms with E-state index in [9.17, 15) is 18.0 Å². The summed E-state index contributed by atoms with van der Waals surface area (Å²) in [5.74, 6) is -0.292. The Morgan fingerprint density at radius 3 is 2.28 bits per heavy atom. The highest BCUT2D eigenvalue weighted by Crippen LogP contribution is 2.25. The minimum absolute atomic E-state index is 0.00721. The number of rotatable bonds is 5. The highest BCUT2D eigenvalue weighted by molar-refractivity contribution is 7.89. The molecule has 2 N–H and O–H groups in total. The maximum atomic E-state index is 12.9. The molecule has 0 unspecified atom stereocenters. The fourth-order valence-corrected chi connectivity index (χ4v) is 5.20. The molecule has 3 heterocycles. The summed E-state index contributed by atoms with van der Waals surface area (Å²) in [4.78, 5) is 25.8. The molecule has 168 valence electrons. The summed E-state index contributed by atoms with van der Waals surface area (Å²) in [5, 5.41) is 0.603. The quantitative estimate of drug-likeness (QED) is 0.605. The van der Waals surface area contributed by atoms with Crippen molar-refractivity contribution in [2.24, 2.45) is 12.8 Å². The van der Waals surface area contributed by atoms with Crippen molar-refractivity contribution in [2.45, 2.75) is 4.90 Å². The number of primary amides is 1. The predicted octanol–water partition coefficient (Wildman–Crippen LogP) is 2.18. The third kappa shape index (κ3) is 4.16. The van der Waals surface area contributed by atoms with Crippen LogP contribution in [0.3, 0.4) is 0 Å². The van der Waals surface area contributed by atoms with E-state index in [4.69, 9.17) is 21.8 Å². The number of nitrogens with zero attached hydrogens (tertiary/aromatic N) is 3. The van der Waals surface area contributed by atoms with Gasteiger partial charge in [-0.3, -0.25) is 9.59 Å². The fourth-order valence-electron chi connectivity index (χ4n) is 3.58. The van der Waals surface area contributed by atoms with Crippen molar-refractivity contribution >= 4 is 33.4 Å². The van der Waals surface area contributed by atoms with Crippen LogP contribution in [0.15, 0.2) is 58.0 Å². The number of aryl methyl sites for hydroxylation is 1.